The molecule has 0 bridgehead atoms. The molecule has 0 aromatic rings. The summed E-state index contributed by atoms with van der Waals surface area (Å²) in [6, 6.07) is -1.00. The highest BCUT2D eigenvalue weighted by Gasteiger charge is 2.60. The SMILES string of the molecule is CC1(C)CC(N=C=O)CC(C)(N2C(=O)/C(=N/[Si](C)(C)C)N(C3(C)CC(N=C=O)CC(C)(C)C3)C2=O)C1. The van der Waals surface area contributed by atoms with Crippen molar-refractivity contribution < 1.29 is 19.2 Å². The molecule has 9 nitrogen and oxygen atoms in total. The van der Waals surface area contributed by atoms with Crippen LogP contribution in [-0.2, 0) is 14.4 Å². The van der Waals surface area contributed by atoms with Gasteiger partial charge in [-0.25, -0.2) is 24.4 Å². The Morgan fingerprint density at radius 2 is 1.17 bits per heavy atom. The highest BCUT2D eigenvalue weighted by molar-refractivity contribution is 6.77. The molecule has 0 aromatic heterocycles. The Hall–Kier alpha value is -2.41. The van der Waals surface area contributed by atoms with E-state index < -0.39 is 25.2 Å². The molecule has 3 amide bonds. The van der Waals surface area contributed by atoms with Crippen molar-refractivity contribution in [3.05, 3.63) is 0 Å². The molecule has 1 heterocycles. The Bertz CT molecular complexity index is 1070. The first-order valence-electron chi connectivity index (χ1n) is 12.8. The highest BCUT2D eigenvalue weighted by Crippen LogP contribution is 2.50. The molecular formula is C26H41N5O4Si. The zero-order chi connectivity index (χ0) is 27.3. The number of isocyanates is 2. The molecule has 1 saturated heterocycles. The highest BCUT2D eigenvalue weighted by atomic mass is 28.3. The van der Waals surface area contributed by atoms with Crippen molar-refractivity contribution in [3.63, 3.8) is 0 Å². The molecule has 2 saturated carbocycles. The smallest absolute Gasteiger partial charge is 0.302 e. The molecule has 3 fully saturated rings. The van der Waals surface area contributed by atoms with Crippen LogP contribution in [0.1, 0.15) is 80.1 Å². The van der Waals surface area contributed by atoms with Crippen LogP contribution in [0.3, 0.4) is 0 Å². The van der Waals surface area contributed by atoms with Crippen LogP contribution in [0.15, 0.2) is 14.6 Å². The van der Waals surface area contributed by atoms with Crippen molar-refractivity contribution in [1.82, 2.24) is 9.80 Å². The van der Waals surface area contributed by atoms with Gasteiger partial charge in [0.15, 0.2) is 14.1 Å². The largest absolute Gasteiger partial charge is 0.333 e. The van der Waals surface area contributed by atoms with Gasteiger partial charge in [-0.2, -0.15) is 0 Å². The maximum Gasteiger partial charge on any atom is 0.333 e. The standard InChI is InChI=1S/C26H41N5O4Si/c1-23(2)10-18(27-16-32)12-25(5,14-23)30-20(29-36(7,8)9)21(34)31(22(30)35)26(6)13-19(28-17-33)11-24(3,4)15-26/h18-19H,10-15H2,1-9H3/b29-20-. The molecule has 2 aliphatic carbocycles. The average molecular weight is 516 g/mol. The van der Waals surface area contributed by atoms with Crippen molar-refractivity contribution in [2.24, 2.45) is 25.5 Å². The first-order chi connectivity index (χ1) is 16.4. The fraction of sp³-hybridized carbons (Fsp3) is 0.808. The van der Waals surface area contributed by atoms with E-state index in [2.05, 4.69) is 37.7 Å². The first kappa shape index (κ1) is 28.2. The van der Waals surface area contributed by atoms with Crippen molar-refractivity contribution >= 4 is 38.2 Å². The summed E-state index contributed by atoms with van der Waals surface area (Å²) >= 11 is 0. The zero-order valence-electron chi connectivity index (χ0n) is 23.3. The summed E-state index contributed by atoms with van der Waals surface area (Å²) in [5.41, 5.74) is -2.04. The van der Waals surface area contributed by atoms with Gasteiger partial charge >= 0.3 is 6.03 Å². The number of hydrogen-bond acceptors (Lipinski definition) is 7. The van der Waals surface area contributed by atoms with Crippen LogP contribution in [0, 0.1) is 10.8 Å². The van der Waals surface area contributed by atoms with Gasteiger partial charge in [0.1, 0.15) is 0 Å². The molecule has 10 heteroatoms. The van der Waals surface area contributed by atoms with E-state index in [4.69, 9.17) is 4.66 Å². The lowest BCUT2D eigenvalue weighted by Crippen LogP contribution is -2.59. The van der Waals surface area contributed by atoms with Crippen LogP contribution in [0.5, 0.6) is 0 Å². The van der Waals surface area contributed by atoms with E-state index in [1.54, 1.807) is 17.1 Å². The van der Waals surface area contributed by atoms with Crippen LogP contribution >= 0.6 is 0 Å². The fourth-order valence-electron chi connectivity index (χ4n) is 7.31. The van der Waals surface area contributed by atoms with Crippen LogP contribution in [0.4, 0.5) is 4.79 Å². The van der Waals surface area contributed by atoms with Gasteiger partial charge in [-0.1, -0.05) is 27.7 Å². The lowest BCUT2D eigenvalue weighted by Gasteiger charge is -2.50. The zero-order valence-corrected chi connectivity index (χ0v) is 24.3. The second-order valence-electron chi connectivity index (χ2n) is 14.1. The molecule has 0 radical (unpaired) electrons. The molecule has 4 unspecified atom stereocenters. The molecule has 4 atom stereocenters. The van der Waals surface area contributed by atoms with Crippen LogP contribution in [-0.4, -0.2) is 71.1 Å². The van der Waals surface area contributed by atoms with Gasteiger partial charge in [0, 0.05) is 0 Å². The third-order valence-electron chi connectivity index (χ3n) is 7.63. The molecule has 36 heavy (non-hydrogen) atoms. The third-order valence-corrected chi connectivity index (χ3v) is 8.51. The van der Waals surface area contributed by atoms with Crippen molar-refractivity contribution in [2.75, 3.05) is 0 Å². The maximum atomic E-state index is 14.3. The lowest BCUT2D eigenvalue weighted by molar-refractivity contribution is -0.126. The van der Waals surface area contributed by atoms with Gasteiger partial charge in [-0.3, -0.25) is 14.6 Å². The third kappa shape index (κ3) is 5.61. The van der Waals surface area contributed by atoms with Gasteiger partial charge in [-0.15, -0.1) is 0 Å². The Morgan fingerprint density at radius 1 is 0.750 bits per heavy atom. The van der Waals surface area contributed by atoms with E-state index in [-0.39, 0.29) is 34.8 Å². The molecule has 0 spiro atoms. The van der Waals surface area contributed by atoms with E-state index >= 15 is 0 Å². The number of imide groups is 1. The van der Waals surface area contributed by atoms with Crippen molar-refractivity contribution in [2.45, 2.75) is 123 Å². The van der Waals surface area contributed by atoms with Crippen molar-refractivity contribution in [3.8, 4) is 0 Å². The molecule has 1 aliphatic heterocycles. The van der Waals surface area contributed by atoms with Crippen LogP contribution in [0.2, 0.25) is 19.6 Å². The summed E-state index contributed by atoms with van der Waals surface area (Å²) in [4.78, 5) is 61.7. The number of amides is 3. The monoisotopic (exact) mass is 515 g/mol. The number of carbonyl (C=O) groups excluding carboxylic acids is 4. The Balaban J connectivity index is 2.15. The molecular weight excluding hydrogens is 474 g/mol. The van der Waals surface area contributed by atoms with E-state index in [9.17, 15) is 19.2 Å². The lowest BCUT2D eigenvalue weighted by atomic mass is 9.66. The second-order valence-corrected chi connectivity index (χ2v) is 18.7. The normalized spacial score (nSPS) is 35.4. The summed E-state index contributed by atoms with van der Waals surface area (Å²) in [6.07, 6.45) is 6.84. The number of urea groups is 1. The second kappa shape index (κ2) is 9.16. The van der Waals surface area contributed by atoms with Gasteiger partial charge in [0.25, 0.3) is 5.91 Å². The van der Waals surface area contributed by atoms with E-state index in [0.717, 1.165) is 0 Å². The van der Waals surface area contributed by atoms with Gasteiger partial charge in [0.05, 0.1) is 23.2 Å². The average Bonchev–Trinajstić information content (AvgIpc) is 2.88. The summed E-state index contributed by atoms with van der Waals surface area (Å²) < 4.78 is 4.90. The predicted molar refractivity (Wildman–Crippen MR) is 141 cm³/mol. The summed E-state index contributed by atoms with van der Waals surface area (Å²) in [5.74, 6) is -0.204. The number of aliphatic imine (C=N–C) groups is 2. The van der Waals surface area contributed by atoms with Crippen LogP contribution < -0.4 is 0 Å². The van der Waals surface area contributed by atoms with E-state index in [1.807, 2.05) is 33.5 Å². The Labute approximate surface area is 215 Å². The minimum Gasteiger partial charge on any atom is -0.302 e. The number of nitrogens with zero attached hydrogens (tertiary/aromatic N) is 5. The van der Waals surface area contributed by atoms with Gasteiger partial charge in [-0.05, 0) is 82.8 Å². The van der Waals surface area contributed by atoms with E-state index in [0.29, 0.717) is 38.5 Å². The number of amidine groups is 1. The number of hydrogen-bond donors (Lipinski definition) is 0. The summed E-state index contributed by atoms with van der Waals surface area (Å²) in [7, 11) is -2.17. The maximum absolute atomic E-state index is 14.3. The van der Waals surface area contributed by atoms with Crippen molar-refractivity contribution in [1.29, 1.82) is 0 Å². The van der Waals surface area contributed by atoms with Gasteiger partial charge < -0.3 is 4.66 Å². The summed E-state index contributed by atoms with van der Waals surface area (Å²) in [5, 5.41) is 0. The Kier molecular flexibility index (Phi) is 7.16. The molecule has 3 rings (SSSR count). The van der Waals surface area contributed by atoms with Gasteiger partial charge in [0.2, 0.25) is 12.2 Å². The predicted octanol–water partition coefficient (Wildman–Crippen LogP) is 4.83. The topological polar surface area (TPSA) is 112 Å². The molecule has 0 aromatic carbocycles. The quantitative estimate of drug-likeness (QED) is 0.226. The minimum atomic E-state index is -2.17. The molecule has 0 N–H and O–H groups in total. The number of carbonyl (C=O) groups is 2. The fourth-order valence-corrected chi connectivity index (χ4v) is 8.14. The Morgan fingerprint density at radius 3 is 1.56 bits per heavy atom. The van der Waals surface area contributed by atoms with Crippen LogP contribution in [0.25, 0.3) is 0 Å². The minimum absolute atomic E-state index is 0.188. The number of rotatable bonds is 5. The van der Waals surface area contributed by atoms with E-state index in [1.165, 1.54) is 4.90 Å². The molecule has 198 valence electrons. The first-order valence-corrected chi connectivity index (χ1v) is 16.2. The molecule has 3 aliphatic rings. The summed E-state index contributed by atoms with van der Waals surface area (Å²) in [6.45, 7) is 18.3.